The lowest BCUT2D eigenvalue weighted by Gasteiger charge is -2.06. The van der Waals surface area contributed by atoms with Crippen LogP contribution in [0.15, 0.2) is 51.7 Å². The summed E-state index contributed by atoms with van der Waals surface area (Å²) in [5, 5.41) is 2.75. The summed E-state index contributed by atoms with van der Waals surface area (Å²) >= 11 is 0. The maximum Gasteiger partial charge on any atom is 0.419 e. The van der Waals surface area contributed by atoms with Gasteiger partial charge in [0.15, 0.2) is 11.4 Å². The number of carbonyl (C=O) groups excluding carboxylic acids is 2. The first kappa shape index (κ1) is 14.8. The normalized spacial score (nSPS) is 10.7. The average Bonchev–Trinajstić information content (AvgIpc) is 2.82. The van der Waals surface area contributed by atoms with Crippen molar-refractivity contribution in [2.24, 2.45) is 7.05 Å². The number of oxazole rings is 1. The second-order valence-corrected chi connectivity index (χ2v) is 5.20. The van der Waals surface area contributed by atoms with Gasteiger partial charge in [0.1, 0.15) is 0 Å². The van der Waals surface area contributed by atoms with Gasteiger partial charge in [-0.1, -0.05) is 0 Å². The Bertz CT molecular complexity index is 964. The predicted octanol–water partition coefficient (Wildman–Crippen LogP) is 2.59. The summed E-state index contributed by atoms with van der Waals surface area (Å²) in [6.07, 6.45) is 0. The Kier molecular flexibility index (Phi) is 3.57. The minimum absolute atomic E-state index is 0.0331. The molecule has 6 heteroatoms. The number of nitrogens with one attached hydrogen (secondary N) is 1. The molecule has 1 aromatic heterocycles. The molecule has 0 atom stereocenters. The molecule has 116 valence electrons. The summed E-state index contributed by atoms with van der Waals surface area (Å²) in [4.78, 5) is 35.0. The molecule has 3 rings (SSSR count). The summed E-state index contributed by atoms with van der Waals surface area (Å²) in [6.45, 7) is 1.48. The lowest BCUT2D eigenvalue weighted by molar-refractivity contribution is 0.101. The third kappa shape index (κ3) is 2.78. The predicted molar refractivity (Wildman–Crippen MR) is 85.9 cm³/mol. The van der Waals surface area contributed by atoms with E-state index >= 15 is 0 Å². The van der Waals surface area contributed by atoms with Crippen LogP contribution in [0.5, 0.6) is 0 Å². The first-order chi connectivity index (χ1) is 11.0. The summed E-state index contributed by atoms with van der Waals surface area (Å²) < 4.78 is 6.37. The third-order valence-electron chi connectivity index (χ3n) is 3.60. The average molecular weight is 310 g/mol. The van der Waals surface area contributed by atoms with Crippen LogP contribution in [-0.4, -0.2) is 16.3 Å². The molecular formula is C17H14N2O4. The van der Waals surface area contributed by atoms with Crippen LogP contribution in [0.1, 0.15) is 27.6 Å². The molecule has 0 bridgehead atoms. The number of aryl methyl sites for hydroxylation is 1. The molecule has 1 heterocycles. The van der Waals surface area contributed by atoms with Crippen molar-refractivity contribution in [1.82, 2.24) is 4.57 Å². The highest BCUT2D eigenvalue weighted by Crippen LogP contribution is 2.16. The quantitative estimate of drug-likeness (QED) is 0.754. The number of nitrogens with zero attached hydrogens (tertiary/aromatic N) is 1. The van der Waals surface area contributed by atoms with Crippen molar-refractivity contribution in [3.05, 3.63) is 64.1 Å². The molecule has 0 aliphatic heterocycles. The van der Waals surface area contributed by atoms with Crippen LogP contribution in [-0.2, 0) is 7.05 Å². The van der Waals surface area contributed by atoms with Gasteiger partial charge in [0.05, 0.1) is 5.52 Å². The van der Waals surface area contributed by atoms with Gasteiger partial charge in [-0.25, -0.2) is 4.79 Å². The number of Topliss-reactive ketones (excluding diaryl/α,β-unsaturated/α-hetero) is 1. The molecule has 0 spiro atoms. The van der Waals surface area contributed by atoms with Crippen LogP contribution in [0.2, 0.25) is 0 Å². The number of ketones is 1. The molecule has 0 saturated carbocycles. The molecular weight excluding hydrogens is 296 g/mol. The number of fused-ring (bicyclic) bond motifs is 1. The molecule has 1 amide bonds. The van der Waals surface area contributed by atoms with Crippen LogP contribution in [0.4, 0.5) is 5.69 Å². The van der Waals surface area contributed by atoms with Crippen LogP contribution in [0.3, 0.4) is 0 Å². The van der Waals surface area contributed by atoms with Crippen molar-refractivity contribution in [2.45, 2.75) is 6.92 Å². The van der Waals surface area contributed by atoms with E-state index in [1.54, 1.807) is 49.5 Å². The number of rotatable bonds is 3. The van der Waals surface area contributed by atoms with E-state index in [9.17, 15) is 14.4 Å². The first-order valence-corrected chi connectivity index (χ1v) is 6.97. The molecule has 0 fully saturated rings. The SMILES string of the molecule is CC(=O)c1ccc(NC(=O)c2ccc3oc(=O)n(C)c3c2)cc1. The molecule has 2 aromatic carbocycles. The zero-order valence-electron chi connectivity index (χ0n) is 12.6. The Morgan fingerprint density at radius 3 is 2.35 bits per heavy atom. The maximum atomic E-state index is 12.3. The van der Waals surface area contributed by atoms with E-state index in [0.717, 1.165) is 0 Å². The zero-order chi connectivity index (χ0) is 16.6. The molecule has 0 aliphatic carbocycles. The van der Waals surface area contributed by atoms with E-state index in [1.807, 2.05) is 0 Å². The molecule has 6 nitrogen and oxygen atoms in total. The second-order valence-electron chi connectivity index (χ2n) is 5.20. The van der Waals surface area contributed by atoms with Crippen LogP contribution < -0.4 is 11.1 Å². The van der Waals surface area contributed by atoms with E-state index in [4.69, 9.17) is 4.42 Å². The van der Waals surface area contributed by atoms with Gasteiger partial charge in [0.25, 0.3) is 5.91 Å². The first-order valence-electron chi connectivity index (χ1n) is 6.97. The summed E-state index contributed by atoms with van der Waals surface area (Å²) in [5.74, 6) is -0.817. The van der Waals surface area contributed by atoms with Crippen molar-refractivity contribution in [3.63, 3.8) is 0 Å². The standard InChI is InChI=1S/C17H14N2O4/c1-10(20)11-3-6-13(7-4-11)18-16(21)12-5-8-15-14(9-12)19(2)17(22)23-15/h3-9H,1-2H3,(H,18,21). The highest BCUT2D eigenvalue weighted by atomic mass is 16.4. The fraction of sp³-hybridized carbons (Fsp3) is 0.118. The van der Waals surface area contributed by atoms with E-state index in [1.165, 1.54) is 11.5 Å². The number of anilines is 1. The summed E-state index contributed by atoms with van der Waals surface area (Å²) in [5.41, 5.74) is 2.55. The van der Waals surface area contributed by atoms with Gasteiger partial charge in [-0.05, 0) is 49.4 Å². The van der Waals surface area contributed by atoms with Crippen LogP contribution in [0.25, 0.3) is 11.1 Å². The van der Waals surface area contributed by atoms with E-state index in [-0.39, 0.29) is 11.7 Å². The Morgan fingerprint density at radius 1 is 1.04 bits per heavy atom. The summed E-state index contributed by atoms with van der Waals surface area (Å²) in [7, 11) is 1.58. The van der Waals surface area contributed by atoms with Crippen molar-refractivity contribution < 1.29 is 14.0 Å². The molecule has 0 unspecified atom stereocenters. The molecule has 1 N–H and O–H groups in total. The van der Waals surface area contributed by atoms with E-state index in [2.05, 4.69) is 5.32 Å². The Hall–Kier alpha value is -3.15. The number of hydrogen-bond donors (Lipinski definition) is 1. The third-order valence-corrected chi connectivity index (χ3v) is 3.60. The Balaban J connectivity index is 1.86. The van der Waals surface area contributed by atoms with Gasteiger partial charge >= 0.3 is 5.76 Å². The van der Waals surface area contributed by atoms with E-state index in [0.29, 0.717) is 27.9 Å². The second kappa shape index (κ2) is 5.57. The van der Waals surface area contributed by atoms with Gasteiger partial charge in [-0.2, -0.15) is 0 Å². The van der Waals surface area contributed by atoms with Crippen molar-refractivity contribution in [3.8, 4) is 0 Å². The van der Waals surface area contributed by atoms with Gasteiger partial charge in [0.2, 0.25) is 0 Å². The fourth-order valence-corrected chi connectivity index (χ4v) is 2.26. The molecule has 0 aliphatic rings. The van der Waals surface area contributed by atoms with E-state index < -0.39 is 5.76 Å². The largest absolute Gasteiger partial charge is 0.419 e. The number of amides is 1. The monoisotopic (exact) mass is 310 g/mol. The number of aromatic nitrogens is 1. The lowest BCUT2D eigenvalue weighted by Crippen LogP contribution is -2.12. The fourth-order valence-electron chi connectivity index (χ4n) is 2.26. The summed E-state index contributed by atoms with van der Waals surface area (Å²) in [6, 6.07) is 11.4. The molecule has 0 radical (unpaired) electrons. The smallest absolute Gasteiger partial charge is 0.408 e. The topological polar surface area (TPSA) is 81.3 Å². The Labute approximate surface area is 131 Å². The minimum Gasteiger partial charge on any atom is -0.408 e. The zero-order valence-corrected chi connectivity index (χ0v) is 12.6. The van der Waals surface area contributed by atoms with Crippen molar-refractivity contribution >= 4 is 28.5 Å². The molecule has 23 heavy (non-hydrogen) atoms. The van der Waals surface area contributed by atoms with Crippen LogP contribution in [0, 0.1) is 0 Å². The molecule has 0 saturated heterocycles. The number of carbonyl (C=O) groups is 2. The van der Waals surface area contributed by atoms with Crippen LogP contribution >= 0.6 is 0 Å². The molecule has 3 aromatic rings. The number of benzene rings is 2. The van der Waals surface area contributed by atoms with Crippen molar-refractivity contribution in [2.75, 3.05) is 5.32 Å². The lowest BCUT2D eigenvalue weighted by atomic mass is 10.1. The minimum atomic E-state index is -0.475. The van der Waals surface area contributed by atoms with Gasteiger partial charge in [-0.3, -0.25) is 14.2 Å². The van der Waals surface area contributed by atoms with Gasteiger partial charge in [0, 0.05) is 23.9 Å². The highest BCUT2D eigenvalue weighted by molar-refractivity contribution is 6.06. The van der Waals surface area contributed by atoms with Gasteiger partial charge in [-0.15, -0.1) is 0 Å². The Morgan fingerprint density at radius 2 is 1.70 bits per heavy atom. The van der Waals surface area contributed by atoms with Gasteiger partial charge < -0.3 is 9.73 Å². The highest BCUT2D eigenvalue weighted by Gasteiger charge is 2.11. The number of hydrogen-bond acceptors (Lipinski definition) is 4. The maximum absolute atomic E-state index is 12.3. The van der Waals surface area contributed by atoms with Crippen molar-refractivity contribution in [1.29, 1.82) is 0 Å².